The summed E-state index contributed by atoms with van der Waals surface area (Å²) in [5, 5.41) is 2.65. The van der Waals surface area contributed by atoms with Crippen LogP contribution in [0.15, 0.2) is 47.5 Å². The molecule has 0 aliphatic carbocycles. The van der Waals surface area contributed by atoms with Gasteiger partial charge in [-0.25, -0.2) is 0 Å². The predicted molar refractivity (Wildman–Crippen MR) is 86.3 cm³/mol. The largest absolute Gasteiger partial charge is 0.355 e. The minimum atomic E-state index is 0.0770. The van der Waals surface area contributed by atoms with Gasteiger partial charge in [-0.15, -0.1) is 0 Å². The molecule has 2 aromatic rings. The molecule has 2 aromatic carbocycles. The molecule has 1 heterocycles. The first-order valence-electron chi connectivity index (χ1n) is 7.37. The highest BCUT2D eigenvalue weighted by Gasteiger charge is 2.44. The topological polar surface area (TPSA) is 15.6 Å². The van der Waals surface area contributed by atoms with E-state index in [1.54, 1.807) is 0 Å². The number of hydrogen-bond donors (Lipinski definition) is 0. The molecule has 0 unspecified atom stereocenters. The van der Waals surface area contributed by atoms with Crippen LogP contribution < -0.4 is 0 Å². The number of rotatable bonds is 3. The minimum absolute atomic E-state index is 0.0770. The molecule has 2 atom stereocenters. The van der Waals surface area contributed by atoms with Crippen molar-refractivity contribution in [2.75, 3.05) is 7.05 Å². The highest BCUT2D eigenvalue weighted by atomic mass is 15.3. The summed E-state index contributed by atoms with van der Waals surface area (Å²) in [7, 11) is 2.16. The lowest BCUT2D eigenvalue weighted by Gasteiger charge is -2.26. The minimum Gasteiger partial charge on any atom is -0.355 e. The van der Waals surface area contributed by atoms with Gasteiger partial charge in [0.15, 0.2) is 0 Å². The third kappa shape index (κ3) is 2.00. The maximum atomic E-state index is 4.67. The summed E-state index contributed by atoms with van der Waals surface area (Å²) in [5.74, 6) is 1.24. The molecule has 0 spiro atoms. The van der Waals surface area contributed by atoms with Gasteiger partial charge in [0, 0.05) is 7.05 Å². The van der Waals surface area contributed by atoms with Crippen LogP contribution >= 0.6 is 0 Å². The molecule has 1 aliphatic heterocycles. The SMILES string of the molecule is CC[C@]1(C)N=C1N(C)[C@H](C)c1cccc2ccccc12. The fraction of sp³-hybridized carbons (Fsp3) is 0.389. The Labute approximate surface area is 121 Å². The number of likely N-dealkylation sites (N-methyl/N-ethyl adjacent to an activating group) is 1. The molecule has 0 fully saturated rings. The van der Waals surface area contributed by atoms with Crippen molar-refractivity contribution in [1.29, 1.82) is 0 Å². The van der Waals surface area contributed by atoms with E-state index in [0.717, 1.165) is 6.42 Å². The Hall–Kier alpha value is -1.83. The summed E-state index contributed by atoms with van der Waals surface area (Å²) in [4.78, 5) is 7.00. The lowest BCUT2D eigenvalue weighted by Crippen LogP contribution is -2.31. The van der Waals surface area contributed by atoms with Crippen LogP contribution in [0.2, 0.25) is 0 Å². The van der Waals surface area contributed by atoms with Gasteiger partial charge in [0.1, 0.15) is 11.4 Å². The van der Waals surface area contributed by atoms with E-state index in [9.17, 15) is 0 Å². The zero-order valence-electron chi connectivity index (χ0n) is 12.7. The Morgan fingerprint density at radius 1 is 1.15 bits per heavy atom. The van der Waals surface area contributed by atoms with Crippen molar-refractivity contribution in [3.8, 4) is 0 Å². The van der Waals surface area contributed by atoms with Gasteiger partial charge in [-0.1, -0.05) is 49.4 Å². The van der Waals surface area contributed by atoms with Gasteiger partial charge >= 0.3 is 0 Å². The van der Waals surface area contributed by atoms with Crippen LogP contribution in [0.25, 0.3) is 10.8 Å². The molecule has 0 radical (unpaired) electrons. The lowest BCUT2D eigenvalue weighted by molar-refractivity contribution is 0.401. The monoisotopic (exact) mass is 266 g/mol. The van der Waals surface area contributed by atoms with Gasteiger partial charge in [-0.2, -0.15) is 0 Å². The van der Waals surface area contributed by atoms with Crippen molar-refractivity contribution in [1.82, 2.24) is 4.90 Å². The van der Waals surface area contributed by atoms with E-state index in [4.69, 9.17) is 0 Å². The van der Waals surface area contributed by atoms with Gasteiger partial charge in [0.05, 0.1) is 6.04 Å². The number of benzene rings is 2. The summed E-state index contributed by atoms with van der Waals surface area (Å²) in [5.41, 5.74) is 1.45. The van der Waals surface area contributed by atoms with Crippen molar-refractivity contribution in [2.45, 2.75) is 38.8 Å². The van der Waals surface area contributed by atoms with Gasteiger partial charge < -0.3 is 4.90 Å². The van der Waals surface area contributed by atoms with E-state index in [-0.39, 0.29) is 5.54 Å². The van der Waals surface area contributed by atoms with E-state index in [2.05, 4.69) is 80.2 Å². The first-order chi connectivity index (χ1) is 9.57. The number of amidine groups is 1. The average molecular weight is 266 g/mol. The second kappa shape index (κ2) is 4.62. The molecule has 0 N–H and O–H groups in total. The van der Waals surface area contributed by atoms with Gasteiger partial charge in [-0.05, 0) is 36.6 Å². The highest BCUT2D eigenvalue weighted by molar-refractivity contribution is 6.03. The van der Waals surface area contributed by atoms with E-state index < -0.39 is 0 Å². The van der Waals surface area contributed by atoms with E-state index in [1.807, 2.05) is 0 Å². The summed E-state index contributed by atoms with van der Waals surface area (Å²) in [6.07, 6.45) is 1.08. The molecule has 0 saturated heterocycles. The fourth-order valence-corrected chi connectivity index (χ4v) is 2.91. The van der Waals surface area contributed by atoms with E-state index >= 15 is 0 Å². The van der Waals surface area contributed by atoms with Crippen LogP contribution in [0.3, 0.4) is 0 Å². The van der Waals surface area contributed by atoms with Crippen LogP contribution in [0.1, 0.15) is 38.8 Å². The lowest BCUT2D eigenvalue weighted by atomic mass is 9.98. The molecule has 1 aliphatic rings. The fourth-order valence-electron chi connectivity index (χ4n) is 2.91. The summed E-state index contributed by atoms with van der Waals surface area (Å²) in [6.45, 7) is 6.68. The molecule has 0 aromatic heterocycles. The molecule has 20 heavy (non-hydrogen) atoms. The number of fused-ring (bicyclic) bond motifs is 1. The van der Waals surface area contributed by atoms with E-state index in [1.165, 1.54) is 22.2 Å². The van der Waals surface area contributed by atoms with Gasteiger partial charge in [0.2, 0.25) is 0 Å². The Morgan fingerprint density at radius 2 is 1.85 bits per heavy atom. The van der Waals surface area contributed by atoms with Crippen molar-refractivity contribution in [3.63, 3.8) is 0 Å². The molecule has 2 heteroatoms. The van der Waals surface area contributed by atoms with Crippen LogP contribution in [-0.4, -0.2) is 23.3 Å². The van der Waals surface area contributed by atoms with Crippen molar-refractivity contribution in [2.24, 2.45) is 4.99 Å². The first kappa shape index (κ1) is 13.2. The van der Waals surface area contributed by atoms with Crippen molar-refractivity contribution < 1.29 is 0 Å². The third-order valence-electron chi connectivity index (χ3n) is 4.66. The molecular formula is C18H22N2. The van der Waals surface area contributed by atoms with Crippen LogP contribution in [0.5, 0.6) is 0 Å². The van der Waals surface area contributed by atoms with Crippen molar-refractivity contribution >= 4 is 16.6 Å². The molecule has 104 valence electrons. The first-order valence-corrected chi connectivity index (χ1v) is 7.37. The number of hydrogen-bond acceptors (Lipinski definition) is 2. The Balaban J connectivity index is 1.94. The van der Waals surface area contributed by atoms with Crippen molar-refractivity contribution in [3.05, 3.63) is 48.0 Å². The maximum absolute atomic E-state index is 4.67. The van der Waals surface area contributed by atoms with Gasteiger partial charge in [-0.3, -0.25) is 4.99 Å². The summed E-state index contributed by atoms with van der Waals surface area (Å²) in [6, 6.07) is 15.5. The summed E-state index contributed by atoms with van der Waals surface area (Å²) < 4.78 is 0. The molecular weight excluding hydrogens is 244 g/mol. The zero-order chi connectivity index (χ0) is 14.3. The summed E-state index contributed by atoms with van der Waals surface area (Å²) >= 11 is 0. The van der Waals surface area contributed by atoms with E-state index in [0.29, 0.717) is 6.04 Å². The smallest absolute Gasteiger partial charge is 0.128 e. The second-order valence-corrected chi connectivity index (χ2v) is 5.92. The molecule has 2 nitrogen and oxygen atoms in total. The van der Waals surface area contributed by atoms with Gasteiger partial charge in [0.25, 0.3) is 0 Å². The third-order valence-corrected chi connectivity index (χ3v) is 4.66. The number of aliphatic imine (C=N–C) groups is 1. The van der Waals surface area contributed by atoms with Crippen LogP contribution in [0, 0.1) is 0 Å². The average Bonchev–Trinajstić information content (AvgIpc) is 3.18. The van der Waals surface area contributed by atoms with Crippen LogP contribution in [-0.2, 0) is 0 Å². The zero-order valence-corrected chi connectivity index (χ0v) is 12.7. The molecule has 0 amide bonds. The standard InChI is InChI=1S/C18H22N2/c1-5-18(3)17(19-18)20(4)13(2)15-12-8-10-14-9-6-7-11-16(14)15/h6-13H,5H2,1-4H3/t13-,18+/m1/s1. The maximum Gasteiger partial charge on any atom is 0.128 e. The Bertz CT molecular complexity index is 669. The second-order valence-electron chi connectivity index (χ2n) is 5.92. The highest BCUT2D eigenvalue weighted by Crippen LogP contribution is 2.37. The predicted octanol–water partition coefficient (Wildman–Crippen LogP) is 4.41. The molecule has 0 saturated carbocycles. The number of nitrogens with zero attached hydrogens (tertiary/aromatic N) is 2. The van der Waals surface area contributed by atoms with Crippen LogP contribution in [0.4, 0.5) is 0 Å². The Kier molecular flexibility index (Phi) is 3.04. The quantitative estimate of drug-likeness (QED) is 0.803. The Morgan fingerprint density at radius 3 is 2.55 bits per heavy atom. The normalized spacial score (nSPS) is 22.5. The molecule has 3 rings (SSSR count). The molecule has 0 bridgehead atoms.